The lowest BCUT2D eigenvalue weighted by Gasteiger charge is -2.17. The van der Waals surface area contributed by atoms with Gasteiger partial charge in [0.05, 0.1) is 17.7 Å². The normalized spacial score (nSPS) is 12.6. The molecule has 1 heterocycles. The average molecular weight is 362 g/mol. The first-order chi connectivity index (χ1) is 9.22. The van der Waals surface area contributed by atoms with Crippen LogP contribution >= 0.6 is 38.9 Å². The smallest absolute Gasteiger partial charge is 0.114 e. The van der Waals surface area contributed by atoms with Crippen molar-refractivity contribution in [1.29, 1.82) is 0 Å². The van der Waals surface area contributed by atoms with Gasteiger partial charge in [0.15, 0.2) is 0 Å². The third-order valence-corrected chi connectivity index (χ3v) is 4.70. The fourth-order valence-electron chi connectivity index (χ4n) is 1.72. The van der Waals surface area contributed by atoms with Gasteiger partial charge in [-0.25, -0.2) is 4.98 Å². The molecule has 0 saturated carbocycles. The van der Waals surface area contributed by atoms with Gasteiger partial charge < -0.3 is 10.1 Å². The van der Waals surface area contributed by atoms with E-state index in [-0.39, 0.29) is 6.04 Å². The fourth-order valence-corrected chi connectivity index (χ4v) is 2.90. The lowest BCUT2D eigenvalue weighted by atomic mass is 10.1. The molecule has 1 unspecified atom stereocenters. The maximum Gasteiger partial charge on any atom is 0.114 e. The Kier molecular flexibility index (Phi) is 5.78. The Bertz CT molecular complexity index is 521. The number of nitrogens with one attached hydrogen (secondary N) is 1. The third-order valence-electron chi connectivity index (χ3n) is 2.63. The van der Waals surface area contributed by atoms with E-state index in [2.05, 4.69) is 26.2 Å². The van der Waals surface area contributed by atoms with E-state index < -0.39 is 0 Å². The van der Waals surface area contributed by atoms with Crippen molar-refractivity contribution in [3.63, 3.8) is 0 Å². The minimum Gasteiger partial charge on any atom is -0.383 e. The second kappa shape index (κ2) is 7.36. The van der Waals surface area contributed by atoms with Crippen molar-refractivity contribution in [3.05, 3.63) is 49.8 Å². The Morgan fingerprint density at radius 1 is 1.53 bits per heavy atom. The highest BCUT2D eigenvalue weighted by molar-refractivity contribution is 9.10. The van der Waals surface area contributed by atoms with Gasteiger partial charge >= 0.3 is 0 Å². The quantitative estimate of drug-likeness (QED) is 0.793. The lowest BCUT2D eigenvalue weighted by molar-refractivity contribution is 0.197. The molecule has 0 spiro atoms. The Morgan fingerprint density at radius 2 is 2.37 bits per heavy atom. The number of thiazole rings is 1. The molecule has 1 aromatic heterocycles. The molecule has 0 aliphatic rings. The molecule has 0 radical (unpaired) electrons. The average Bonchev–Trinajstić information content (AvgIpc) is 2.92. The Labute approximate surface area is 130 Å². The molecule has 0 fully saturated rings. The fraction of sp³-hybridized carbons (Fsp3) is 0.308. The molecular formula is C13H14BrClN2OS. The van der Waals surface area contributed by atoms with Gasteiger partial charge in [0.1, 0.15) is 5.01 Å². The van der Waals surface area contributed by atoms with Crippen molar-refractivity contribution in [2.24, 2.45) is 0 Å². The largest absolute Gasteiger partial charge is 0.383 e. The summed E-state index contributed by atoms with van der Waals surface area (Å²) in [4.78, 5) is 4.38. The minimum atomic E-state index is 0.0424. The van der Waals surface area contributed by atoms with E-state index in [0.29, 0.717) is 11.6 Å². The minimum absolute atomic E-state index is 0.0424. The van der Waals surface area contributed by atoms with Gasteiger partial charge in [-0.2, -0.15) is 0 Å². The summed E-state index contributed by atoms with van der Waals surface area (Å²) in [5.41, 5.74) is 1.10. The van der Waals surface area contributed by atoms with Crippen LogP contribution in [-0.4, -0.2) is 25.2 Å². The predicted molar refractivity (Wildman–Crippen MR) is 83.0 cm³/mol. The number of ether oxygens (including phenoxy) is 1. The van der Waals surface area contributed by atoms with E-state index in [0.717, 1.165) is 21.6 Å². The van der Waals surface area contributed by atoms with Crippen LogP contribution in [0, 0.1) is 0 Å². The summed E-state index contributed by atoms with van der Waals surface area (Å²) in [6.45, 7) is 1.42. The number of hydrogen-bond donors (Lipinski definition) is 1. The number of halogens is 2. The topological polar surface area (TPSA) is 34.1 Å². The SMILES string of the molecule is COCCNC(c1ccc(Br)c(Cl)c1)c1nccs1. The standard InChI is InChI=1S/C13H14BrClN2OS/c1-18-6-4-16-12(13-17-5-7-19-13)9-2-3-10(14)11(15)8-9/h2-3,5,7-8,12,16H,4,6H2,1H3. The number of methoxy groups -OCH3 is 1. The summed E-state index contributed by atoms with van der Waals surface area (Å²) in [6, 6.07) is 6.00. The second-order valence-electron chi connectivity index (χ2n) is 3.92. The molecule has 0 saturated heterocycles. The molecule has 1 N–H and O–H groups in total. The Balaban J connectivity index is 2.23. The van der Waals surface area contributed by atoms with Crippen molar-refractivity contribution >= 4 is 38.9 Å². The molecule has 102 valence electrons. The van der Waals surface area contributed by atoms with Crippen molar-refractivity contribution in [3.8, 4) is 0 Å². The first-order valence-electron chi connectivity index (χ1n) is 5.79. The first kappa shape index (κ1) is 14.9. The van der Waals surface area contributed by atoms with Crippen LogP contribution < -0.4 is 5.32 Å². The van der Waals surface area contributed by atoms with Gasteiger partial charge in [-0.15, -0.1) is 11.3 Å². The van der Waals surface area contributed by atoms with Gasteiger partial charge in [0, 0.05) is 29.7 Å². The van der Waals surface area contributed by atoms with E-state index in [4.69, 9.17) is 16.3 Å². The molecule has 2 aromatic rings. The molecule has 1 aromatic carbocycles. The van der Waals surface area contributed by atoms with Crippen molar-refractivity contribution in [2.75, 3.05) is 20.3 Å². The summed E-state index contributed by atoms with van der Waals surface area (Å²) in [5.74, 6) is 0. The molecule has 0 aliphatic carbocycles. The number of nitrogens with zero attached hydrogens (tertiary/aromatic N) is 1. The Hall–Kier alpha value is -0.460. The van der Waals surface area contributed by atoms with Crippen molar-refractivity contribution < 1.29 is 4.74 Å². The molecule has 0 bridgehead atoms. The molecule has 0 amide bonds. The van der Waals surface area contributed by atoms with Gasteiger partial charge in [0.2, 0.25) is 0 Å². The van der Waals surface area contributed by atoms with Gasteiger partial charge in [0.25, 0.3) is 0 Å². The zero-order chi connectivity index (χ0) is 13.7. The third kappa shape index (κ3) is 4.00. The van der Waals surface area contributed by atoms with Crippen LogP contribution in [0.3, 0.4) is 0 Å². The molecular weight excluding hydrogens is 348 g/mol. The molecule has 2 rings (SSSR count). The van der Waals surface area contributed by atoms with Crippen molar-refractivity contribution in [2.45, 2.75) is 6.04 Å². The van der Waals surface area contributed by atoms with Crippen LogP contribution in [0.25, 0.3) is 0 Å². The summed E-state index contributed by atoms with van der Waals surface area (Å²) < 4.78 is 5.97. The Morgan fingerprint density at radius 3 is 3.00 bits per heavy atom. The van der Waals surface area contributed by atoms with Crippen LogP contribution in [-0.2, 0) is 4.74 Å². The highest BCUT2D eigenvalue weighted by atomic mass is 79.9. The number of rotatable bonds is 6. The van der Waals surface area contributed by atoms with Gasteiger partial charge in [-0.1, -0.05) is 17.7 Å². The number of benzene rings is 1. The summed E-state index contributed by atoms with van der Waals surface area (Å²) in [6.07, 6.45) is 1.81. The molecule has 19 heavy (non-hydrogen) atoms. The summed E-state index contributed by atoms with van der Waals surface area (Å²) >= 11 is 11.2. The molecule has 1 atom stereocenters. The highest BCUT2D eigenvalue weighted by Crippen LogP contribution is 2.29. The maximum atomic E-state index is 6.16. The molecule has 6 heteroatoms. The first-order valence-corrected chi connectivity index (χ1v) is 7.84. The number of hydrogen-bond acceptors (Lipinski definition) is 4. The second-order valence-corrected chi connectivity index (χ2v) is 6.11. The van der Waals surface area contributed by atoms with E-state index >= 15 is 0 Å². The van der Waals surface area contributed by atoms with Crippen LogP contribution in [0.5, 0.6) is 0 Å². The van der Waals surface area contributed by atoms with Gasteiger partial charge in [-0.05, 0) is 33.6 Å². The number of aromatic nitrogens is 1. The maximum absolute atomic E-state index is 6.16. The van der Waals surface area contributed by atoms with Gasteiger partial charge in [-0.3, -0.25) is 0 Å². The summed E-state index contributed by atoms with van der Waals surface area (Å²) in [7, 11) is 1.69. The van der Waals surface area contributed by atoms with E-state index in [1.54, 1.807) is 18.4 Å². The highest BCUT2D eigenvalue weighted by Gasteiger charge is 2.16. The molecule has 3 nitrogen and oxygen atoms in total. The van der Waals surface area contributed by atoms with Crippen LogP contribution in [0.4, 0.5) is 0 Å². The van der Waals surface area contributed by atoms with Crippen LogP contribution in [0.1, 0.15) is 16.6 Å². The van der Waals surface area contributed by atoms with E-state index in [1.165, 1.54) is 0 Å². The van der Waals surface area contributed by atoms with Crippen molar-refractivity contribution in [1.82, 2.24) is 10.3 Å². The zero-order valence-electron chi connectivity index (χ0n) is 10.4. The zero-order valence-corrected chi connectivity index (χ0v) is 13.6. The monoisotopic (exact) mass is 360 g/mol. The van der Waals surface area contributed by atoms with E-state index in [1.807, 2.05) is 29.8 Å². The van der Waals surface area contributed by atoms with Crippen LogP contribution in [0.15, 0.2) is 34.2 Å². The predicted octanol–water partition coefficient (Wildman–Crippen LogP) is 3.88. The summed E-state index contributed by atoms with van der Waals surface area (Å²) in [5, 5.41) is 7.13. The molecule has 0 aliphatic heterocycles. The lowest BCUT2D eigenvalue weighted by Crippen LogP contribution is -2.25. The van der Waals surface area contributed by atoms with Crippen LogP contribution in [0.2, 0.25) is 5.02 Å². The van der Waals surface area contributed by atoms with E-state index in [9.17, 15) is 0 Å².